The molecule has 1 saturated carbocycles. The van der Waals surface area contributed by atoms with Crippen molar-refractivity contribution in [2.24, 2.45) is 5.92 Å². The Balaban J connectivity index is 1.33. The average Bonchev–Trinajstić information content (AvgIpc) is 3.35. The van der Waals surface area contributed by atoms with E-state index in [9.17, 15) is 4.79 Å². The number of aromatic nitrogens is 4. The number of hydrogen-bond donors (Lipinski definition) is 1. The van der Waals surface area contributed by atoms with Gasteiger partial charge in [0.25, 0.3) is 0 Å². The van der Waals surface area contributed by atoms with E-state index < -0.39 is 0 Å². The second kappa shape index (κ2) is 8.98. The molecule has 1 atom stereocenters. The number of carbonyl (C=O) groups excluding carboxylic acids is 1. The molecule has 5 rings (SSSR count). The van der Waals surface area contributed by atoms with E-state index in [1.165, 1.54) is 24.8 Å². The maximum atomic E-state index is 12.2. The molecule has 1 unspecified atom stereocenters. The Morgan fingerprint density at radius 3 is 2.91 bits per heavy atom. The van der Waals surface area contributed by atoms with E-state index >= 15 is 0 Å². The van der Waals surface area contributed by atoms with Crippen LogP contribution in [0, 0.1) is 19.8 Å². The maximum Gasteiger partial charge on any atom is 0.220 e. The van der Waals surface area contributed by atoms with Crippen LogP contribution in [-0.2, 0) is 17.8 Å². The van der Waals surface area contributed by atoms with Crippen molar-refractivity contribution >= 4 is 11.6 Å². The third-order valence-electron chi connectivity index (χ3n) is 6.88. The molecular formula is C25H32N6O. The van der Waals surface area contributed by atoms with E-state index in [0.717, 1.165) is 54.3 Å². The molecule has 7 heteroatoms. The summed E-state index contributed by atoms with van der Waals surface area (Å²) in [5.41, 5.74) is 6.43. The van der Waals surface area contributed by atoms with Crippen molar-refractivity contribution in [2.45, 2.75) is 65.0 Å². The minimum atomic E-state index is 0.133. The lowest BCUT2D eigenvalue weighted by Crippen LogP contribution is -2.26. The van der Waals surface area contributed by atoms with E-state index in [0.29, 0.717) is 24.8 Å². The predicted octanol–water partition coefficient (Wildman–Crippen LogP) is 3.54. The van der Waals surface area contributed by atoms with Crippen LogP contribution in [0.3, 0.4) is 0 Å². The maximum absolute atomic E-state index is 12.2. The van der Waals surface area contributed by atoms with Gasteiger partial charge in [0.05, 0.1) is 11.7 Å². The van der Waals surface area contributed by atoms with Gasteiger partial charge in [-0.3, -0.25) is 14.7 Å². The Morgan fingerprint density at radius 1 is 1.25 bits per heavy atom. The highest BCUT2D eigenvalue weighted by molar-refractivity contribution is 5.76. The number of pyridine rings is 1. The molecule has 0 spiro atoms. The molecule has 1 amide bonds. The molecule has 2 aliphatic rings. The second-order valence-corrected chi connectivity index (χ2v) is 9.34. The zero-order valence-corrected chi connectivity index (χ0v) is 19.0. The van der Waals surface area contributed by atoms with Crippen LogP contribution in [-0.4, -0.2) is 43.5 Å². The van der Waals surface area contributed by atoms with Gasteiger partial charge in [0.1, 0.15) is 0 Å². The smallest absolute Gasteiger partial charge is 0.220 e. The third kappa shape index (κ3) is 4.53. The van der Waals surface area contributed by atoms with Crippen molar-refractivity contribution in [3.63, 3.8) is 0 Å². The summed E-state index contributed by atoms with van der Waals surface area (Å²) in [4.78, 5) is 23.8. The van der Waals surface area contributed by atoms with E-state index in [1.54, 1.807) is 0 Å². The number of nitrogens with zero attached hydrogens (tertiary/aromatic N) is 5. The first-order valence-corrected chi connectivity index (χ1v) is 11.8. The number of amides is 1. The quantitative estimate of drug-likeness (QED) is 0.589. The first kappa shape index (κ1) is 21.1. The Bertz CT molecular complexity index is 1100. The highest BCUT2D eigenvalue weighted by Gasteiger charge is 2.29. The van der Waals surface area contributed by atoms with Crippen LogP contribution in [0.15, 0.2) is 30.6 Å². The number of rotatable bonds is 8. The average molecular weight is 433 g/mol. The van der Waals surface area contributed by atoms with Crippen LogP contribution in [0.2, 0.25) is 0 Å². The Morgan fingerprint density at radius 2 is 2.12 bits per heavy atom. The molecule has 0 radical (unpaired) electrons. The van der Waals surface area contributed by atoms with Gasteiger partial charge < -0.3 is 5.32 Å². The molecule has 3 aromatic heterocycles. The van der Waals surface area contributed by atoms with Gasteiger partial charge in [0.2, 0.25) is 5.91 Å². The SMILES string of the molecule is Cc1nc2cc(C3CCCN3Cc3cccnc3)nn2c(C)c1CCC(=O)NCC1CC1. The standard InChI is InChI=1S/C25H32N6O/c1-17-21(9-10-25(32)27-15-19-7-8-19)18(2)31-24(28-17)13-22(29-31)23-6-4-12-30(23)16-20-5-3-11-26-14-20/h3,5,11,13-14,19,23H,4,6-10,12,15-16H2,1-2H3,(H,27,32). The third-order valence-corrected chi connectivity index (χ3v) is 6.88. The first-order valence-electron chi connectivity index (χ1n) is 11.8. The molecule has 4 heterocycles. The summed E-state index contributed by atoms with van der Waals surface area (Å²) in [6, 6.07) is 6.56. The van der Waals surface area contributed by atoms with Crippen molar-refractivity contribution in [1.29, 1.82) is 0 Å². The Hall–Kier alpha value is -2.80. The summed E-state index contributed by atoms with van der Waals surface area (Å²) in [5.74, 6) is 0.838. The normalized spacial score (nSPS) is 19.0. The summed E-state index contributed by atoms with van der Waals surface area (Å²) < 4.78 is 1.97. The molecule has 0 bridgehead atoms. The first-order chi connectivity index (χ1) is 15.6. The van der Waals surface area contributed by atoms with Gasteiger partial charge in [0.15, 0.2) is 5.65 Å². The number of nitrogens with one attached hydrogen (secondary N) is 1. The van der Waals surface area contributed by atoms with Gasteiger partial charge in [-0.25, -0.2) is 9.50 Å². The Labute approximate surface area is 189 Å². The highest BCUT2D eigenvalue weighted by atomic mass is 16.1. The highest BCUT2D eigenvalue weighted by Crippen LogP contribution is 2.33. The van der Waals surface area contributed by atoms with Crippen LogP contribution in [0.4, 0.5) is 0 Å². The summed E-state index contributed by atoms with van der Waals surface area (Å²) >= 11 is 0. The van der Waals surface area contributed by atoms with Gasteiger partial charge >= 0.3 is 0 Å². The van der Waals surface area contributed by atoms with Gasteiger partial charge in [-0.05, 0) is 75.6 Å². The fourth-order valence-corrected chi connectivity index (χ4v) is 4.85. The molecule has 7 nitrogen and oxygen atoms in total. The molecular weight excluding hydrogens is 400 g/mol. The van der Waals surface area contributed by atoms with Crippen LogP contribution in [0.25, 0.3) is 5.65 Å². The summed E-state index contributed by atoms with van der Waals surface area (Å²) in [6.07, 6.45) is 9.74. The molecule has 2 fully saturated rings. The fraction of sp³-hybridized carbons (Fsp3) is 0.520. The van der Waals surface area contributed by atoms with Gasteiger partial charge in [-0.2, -0.15) is 5.10 Å². The zero-order chi connectivity index (χ0) is 22.1. The topological polar surface area (TPSA) is 75.4 Å². The lowest BCUT2D eigenvalue weighted by Gasteiger charge is -2.22. The largest absolute Gasteiger partial charge is 0.356 e. The van der Waals surface area contributed by atoms with E-state index in [-0.39, 0.29) is 5.91 Å². The fourth-order valence-electron chi connectivity index (χ4n) is 4.85. The minimum absolute atomic E-state index is 0.133. The van der Waals surface area contributed by atoms with Crippen molar-refractivity contribution in [2.75, 3.05) is 13.1 Å². The van der Waals surface area contributed by atoms with Crippen molar-refractivity contribution in [3.8, 4) is 0 Å². The minimum Gasteiger partial charge on any atom is -0.356 e. The van der Waals surface area contributed by atoms with Crippen LogP contribution >= 0.6 is 0 Å². The number of likely N-dealkylation sites (tertiary alicyclic amines) is 1. The molecule has 3 aromatic rings. The number of aryl methyl sites for hydroxylation is 2. The van der Waals surface area contributed by atoms with Crippen LogP contribution < -0.4 is 5.32 Å². The summed E-state index contributed by atoms with van der Waals surface area (Å²) in [6.45, 7) is 6.92. The van der Waals surface area contributed by atoms with Gasteiger partial charge in [-0.1, -0.05) is 6.07 Å². The lowest BCUT2D eigenvalue weighted by atomic mass is 10.1. The van der Waals surface area contributed by atoms with Crippen molar-refractivity contribution in [3.05, 3.63) is 58.8 Å². The van der Waals surface area contributed by atoms with E-state index in [2.05, 4.69) is 34.3 Å². The molecule has 0 aromatic carbocycles. The van der Waals surface area contributed by atoms with Crippen LogP contribution in [0.5, 0.6) is 0 Å². The molecule has 168 valence electrons. The van der Waals surface area contributed by atoms with Crippen molar-refractivity contribution in [1.82, 2.24) is 29.8 Å². The molecule has 1 N–H and O–H groups in total. The Kier molecular flexibility index (Phi) is 5.91. The molecule has 32 heavy (non-hydrogen) atoms. The van der Waals surface area contributed by atoms with Gasteiger partial charge in [-0.15, -0.1) is 0 Å². The van der Waals surface area contributed by atoms with Crippen LogP contribution in [0.1, 0.15) is 66.4 Å². The monoisotopic (exact) mass is 432 g/mol. The molecule has 1 aliphatic carbocycles. The lowest BCUT2D eigenvalue weighted by molar-refractivity contribution is -0.121. The zero-order valence-electron chi connectivity index (χ0n) is 19.0. The summed E-state index contributed by atoms with van der Waals surface area (Å²) in [5, 5.41) is 8.04. The second-order valence-electron chi connectivity index (χ2n) is 9.34. The van der Waals surface area contributed by atoms with E-state index in [1.807, 2.05) is 29.9 Å². The van der Waals surface area contributed by atoms with Crippen molar-refractivity contribution < 1.29 is 4.79 Å². The van der Waals surface area contributed by atoms with Gasteiger partial charge in [0, 0.05) is 49.4 Å². The summed E-state index contributed by atoms with van der Waals surface area (Å²) in [7, 11) is 0. The molecule has 1 saturated heterocycles. The number of carbonyl (C=O) groups is 1. The van der Waals surface area contributed by atoms with E-state index in [4.69, 9.17) is 10.1 Å². The predicted molar refractivity (Wildman–Crippen MR) is 123 cm³/mol. The number of hydrogen-bond acceptors (Lipinski definition) is 5. The molecule has 1 aliphatic heterocycles. The number of fused-ring (bicyclic) bond motifs is 1.